The lowest BCUT2D eigenvalue weighted by atomic mass is 10.2. The smallest absolute Gasteiger partial charge is 0.293 e. The van der Waals surface area contributed by atoms with Crippen LogP contribution in [0.15, 0.2) is 12.1 Å². The number of hydrogen-bond donors (Lipinski definition) is 1. The first-order valence-corrected chi connectivity index (χ1v) is 3.57. The van der Waals surface area contributed by atoms with Crippen LogP contribution in [0, 0.1) is 21.4 Å². The third-order valence-electron chi connectivity index (χ3n) is 1.43. The average molecular weight is 198 g/mol. The monoisotopic (exact) mass is 197 g/mol. The van der Waals surface area contributed by atoms with Crippen LogP contribution in [0.25, 0.3) is 0 Å². The van der Waals surface area contributed by atoms with E-state index in [1.165, 1.54) is 6.07 Å². The summed E-state index contributed by atoms with van der Waals surface area (Å²) in [6.07, 6.45) is 0. The van der Waals surface area contributed by atoms with Crippen LogP contribution in [-0.4, -0.2) is 4.92 Å². The molecule has 0 heterocycles. The van der Waals surface area contributed by atoms with Gasteiger partial charge in [-0.05, 0) is 6.07 Å². The van der Waals surface area contributed by atoms with Crippen molar-refractivity contribution in [3.8, 4) is 6.07 Å². The first-order chi connectivity index (χ1) is 6.06. The highest BCUT2D eigenvalue weighted by Gasteiger charge is 2.14. The first-order valence-electron chi connectivity index (χ1n) is 3.19. The zero-order valence-electron chi connectivity index (χ0n) is 6.32. The van der Waals surface area contributed by atoms with Gasteiger partial charge < -0.3 is 5.73 Å². The predicted molar refractivity (Wildman–Crippen MR) is 47.2 cm³/mol. The van der Waals surface area contributed by atoms with E-state index in [1.807, 2.05) is 0 Å². The minimum Gasteiger partial charge on any atom is -0.393 e. The van der Waals surface area contributed by atoms with Gasteiger partial charge in [0.1, 0.15) is 11.8 Å². The van der Waals surface area contributed by atoms with E-state index in [1.54, 1.807) is 6.07 Å². The Morgan fingerprint density at radius 1 is 1.62 bits per heavy atom. The molecule has 1 aromatic carbocycles. The minimum absolute atomic E-state index is 0.0309. The molecule has 0 spiro atoms. The minimum atomic E-state index is -0.650. The largest absolute Gasteiger partial charge is 0.393 e. The van der Waals surface area contributed by atoms with Gasteiger partial charge in [0.15, 0.2) is 0 Å². The zero-order chi connectivity index (χ0) is 10.0. The molecule has 0 radical (unpaired) electrons. The van der Waals surface area contributed by atoms with Crippen molar-refractivity contribution in [2.24, 2.45) is 0 Å². The molecule has 1 rings (SSSR count). The molecule has 0 amide bonds. The van der Waals surface area contributed by atoms with Gasteiger partial charge in [0.2, 0.25) is 0 Å². The number of nitro groups is 1. The maximum atomic E-state index is 10.4. The maximum absolute atomic E-state index is 10.4. The highest BCUT2D eigenvalue weighted by Crippen LogP contribution is 2.28. The van der Waals surface area contributed by atoms with E-state index < -0.39 is 4.92 Å². The van der Waals surface area contributed by atoms with Crippen molar-refractivity contribution >= 4 is 23.0 Å². The number of nitro benzene ring substituents is 1. The van der Waals surface area contributed by atoms with Crippen LogP contribution < -0.4 is 5.73 Å². The van der Waals surface area contributed by atoms with Crippen LogP contribution in [0.4, 0.5) is 11.4 Å². The summed E-state index contributed by atoms with van der Waals surface area (Å²) in [5.74, 6) is 0. The highest BCUT2D eigenvalue weighted by molar-refractivity contribution is 6.32. The van der Waals surface area contributed by atoms with Crippen LogP contribution >= 0.6 is 11.6 Å². The summed E-state index contributed by atoms with van der Waals surface area (Å²) >= 11 is 5.56. The number of benzene rings is 1. The number of nitrogen functional groups attached to an aromatic ring is 1. The molecule has 6 heteroatoms. The molecule has 66 valence electrons. The molecule has 0 unspecified atom stereocenters. The second kappa shape index (κ2) is 3.29. The van der Waals surface area contributed by atoms with Crippen molar-refractivity contribution in [2.45, 2.75) is 0 Å². The summed E-state index contributed by atoms with van der Waals surface area (Å²) in [5, 5.41) is 18.9. The summed E-state index contributed by atoms with van der Waals surface area (Å²) in [6, 6.07) is 4.01. The van der Waals surface area contributed by atoms with Gasteiger partial charge in [0.25, 0.3) is 5.69 Å². The van der Waals surface area contributed by atoms with Crippen molar-refractivity contribution in [1.29, 1.82) is 5.26 Å². The van der Waals surface area contributed by atoms with E-state index >= 15 is 0 Å². The summed E-state index contributed by atoms with van der Waals surface area (Å²) in [6.45, 7) is 0. The van der Waals surface area contributed by atoms with Crippen LogP contribution in [-0.2, 0) is 0 Å². The number of hydrogen-bond acceptors (Lipinski definition) is 4. The van der Waals surface area contributed by atoms with Crippen molar-refractivity contribution < 1.29 is 4.92 Å². The Balaban J connectivity index is 3.39. The van der Waals surface area contributed by atoms with Crippen molar-refractivity contribution in [1.82, 2.24) is 0 Å². The SMILES string of the molecule is N#Cc1cc(N)c([N+](=O)[O-])cc1Cl. The Labute approximate surface area is 78.5 Å². The number of rotatable bonds is 1. The Hall–Kier alpha value is -1.80. The fraction of sp³-hybridized carbons (Fsp3) is 0. The number of nitriles is 1. The van der Waals surface area contributed by atoms with Gasteiger partial charge in [-0.2, -0.15) is 5.26 Å². The lowest BCUT2D eigenvalue weighted by Gasteiger charge is -1.98. The van der Waals surface area contributed by atoms with E-state index in [0.29, 0.717) is 0 Å². The molecule has 0 aromatic heterocycles. The molecule has 0 saturated heterocycles. The summed E-state index contributed by atoms with van der Waals surface area (Å²) < 4.78 is 0. The van der Waals surface area contributed by atoms with Crippen LogP contribution in [0.1, 0.15) is 5.56 Å². The van der Waals surface area contributed by atoms with E-state index in [2.05, 4.69) is 0 Å². The number of nitrogens with two attached hydrogens (primary N) is 1. The second-order valence-electron chi connectivity index (χ2n) is 2.26. The normalized spacial score (nSPS) is 9.23. The summed E-state index contributed by atoms with van der Waals surface area (Å²) in [4.78, 5) is 9.71. The van der Waals surface area contributed by atoms with Crippen LogP contribution in [0.5, 0.6) is 0 Å². The molecule has 0 aliphatic heterocycles. The van der Waals surface area contributed by atoms with Gasteiger partial charge in [-0.3, -0.25) is 10.1 Å². The molecule has 13 heavy (non-hydrogen) atoms. The molecule has 0 atom stereocenters. The third-order valence-corrected chi connectivity index (χ3v) is 1.75. The second-order valence-corrected chi connectivity index (χ2v) is 2.67. The van der Waals surface area contributed by atoms with E-state index in [0.717, 1.165) is 6.07 Å². The lowest BCUT2D eigenvalue weighted by molar-refractivity contribution is -0.383. The molecule has 2 N–H and O–H groups in total. The predicted octanol–water partition coefficient (Wildman–Crippen LogP) is 1.70. The molecule has 5 nitrogen and oxygen atoms in total. The first kappa shape index (κ1) is 9.29. The zero-order valence-corrected chi connectivity index (χ0v) is 7.08. The molecule has 0 saturated carbocycles. The number of halogens is 1. The van der Waals surface area contributed by atoms with Crippen LogP contribution in [0.3, 0.4) is 0 Å². The fourth-order valence-electron chi connectivity index (χ4n) is 0.823. The molecule has 1 aromatic rings. The van der Waals surface area contributed by atoms with E-state index in [9.17, 15) is 10.1 Å². The average Bonchev–Trinajstić information content (AvgIpc) is 2.07. The van der Waals surface area contributed by atoms with Gasteiger partial charge in [0.05, 0.1) is 15.5 Å². The van der Waals surface area contributed by atoms with Gasteiger partial charge in [-0.25, -0.2) is 0 Å². The Kier molecular flexibility index (Phi) is 2.35. The molecular formula is C7H4ClN3O2. The van der Waals surface area contributed by atoms with Crippen LogP contribution in [0.2, 0.25) is 5.02 Å². The highest BCUT2D eigenvalue weighted by atomic mass is 35.5. The number of nitrogens with zero attached hydrogens (tertiary/aromatic N) is 2. The molecule has 0 bridgehead atoms. The third kappa shape index (κ3) is 1.68. The topological polar surface area (TPSA) is 93.0 Å². The lowest BCUT2D eigenvalue weighted by Crippen LogP contribution is -1.96. The van der Waals surface area contributed by atoms with E-state index in [4.69, 9.17) is 22.6 Å². The van der Waals surface area contributed by atoms with Gasteiger partial charge >= 0.3 is 0 Å². The maximum Gasteiger partial charge on any atom is 0.293 e. The van der Waals surface area contributed by atoms with Gasteiger partial charge in [0, 0.05) is 6.07 Å². The van der Waals surface area contributed by atoms with Gasteiger partial charge in [-0.1, -0.05) is 11.6 Å². The standard InChI is InChI=1S/C7H4ClN3O2/c8-5-2-7(11(12)13)6(10)1-4(5)3-9/h1-2H,10H2. The summed E-state index contributed by atoms with van der Waals surface area (Å²) in [5.41, 5.74) is 5.09. The quantitative estimate of drug-likeness (QED) is 0.421. The van der Waals surface area contributed by atoms with E-state index in [-0.39, 0.29) is 22.0 Å². The van der Waals surface area contributed by atoms with Crippen molar-refractivity contribution in [3.05, 3.63) is 32.8 Å². The molecular weight excluding hydrogens is 194 g/mol. The van der Waals surface area contributed by atoms with Gasteiger partial charge in [-0.15, -0.1) is 0 Å². The Morgan fingerprint density at radius 3 is 2.69 bits per heavy atom. The molecule has 0 aliphatic rings. The summed E-state index contributed by atoms with van der Waals surface area (Å²) in [7, 11) is 0. The number of anilines is 1. The Morgan fingerprint density at radius 2 is 2.23 bits per heavy atom. The van der Waals surface area contributed by atoms with Crippen molar-refractivity contribution in [3.63, 3.8) is 0 Å². The van der Waals surface area contributed by atoms with Crippen molar-refractivity contribution in [2.75, 3.05) is 5.73 Å². The molecule has 0 aliphatic carbocycles. The molecule has 0 fully saturated rings. The Bertz CT molecular complexity index is 411. The fourth-order valence-corrected chi connectivity index (χ4v) is 1.02.